The number of halogens is 2. The molecule has 0 spiro atoms. The van der Waals surface area contributed by atoms with Crippen molar-refractivity contribution in [3.8, 4) is 0 Å². The van der Waals surface area contributed by atoms with Crippen LogP contribution in [-0.4, -0.2) is 72.4 Å². The fourth-order valence-electron chi connectivity index (χ4n) is 5.02. The van der Waals surface area contributed by atoms with Gasteiger partial charge in [-0.1, -0.05) is 68.3 Å². The molecule has 0 aliphatic rings. The largest absolute Gasteiger partial charge is 0.443 e. The van der Waals surface area contributed by atoms with E-state index in [4.69, 9.17) is 9.47 Å². The van der Waals surface area contributed by atoms with Gasteiger partial charge in [-0.15, -0.1) is 0 Å². The molecule has 2 aromatic heterocycles. The van der Waals surface area contributed by atoms with Gasteiger partial charge >= 0.3 is 11.9 Å². The minimum atomic E-state index is -0.645. The highest BCUT2D eigenvalue weighted by Gasteiger charge is 2.27. The monoisotopic (exact) mass is 748 g/mol. The van der Waals surface area contributed by atoms with Crippen LogP contribution in [0.4, 0.5) is 0 Å². The Kier molecular flexibility index (Phi) is 13.2. The normalized spacial score (nSPS) is 14.2. The number of rotatable bonds is 14. The topological polar surface area (TPSA) is 84.9 Å². The van der Waals surface area contributed by atoms with Crippen molar-refractivity contribution in [1.82, 2.24) is 19.8 Å². The second-order valence-corrected chi connectivity index (χ2v) is 13.1. The Bertz CT molecular complexity index is 1450. The second kappa shape index (κ2) is 17.3. The second-order valence-electron chi connectivity index (χ2n) is 11.2. The molecule has 4 rings (SSSR count). The van der Waals surface area contributed by atoms with Crippen LogP contribution < -0.4 is 0 Å². The molecule has 0 bridgehead atoms. The van der Waals surface area contributed by atoms with E-state index in [2.05, 4.69) is 41.8 Å². The van der Waals surface area contributed by atoms with Gasteiger partial charge in [0.15, 0.2) is 12.5 Å². The predicted octanol–water partition coefficient (Wildman–Crippen LogP) is 7.16. The first-order valence-electron chi connectivity index (χ1n) is 14.9. The molecule has 4 atom stereocenters. The predicted molar refractivity (Wildman–Crippen MR) is 186 cm³/mol. The number of ether oxygens (including phenoxy) is 2. The van der Waals surface area contributed by atoms with Crippen molar-refractivity contribution in [2.45, 2.75) is 37.1 Å². The van der Waals surface area contributed by atoms with E-state index in [-0.39, 0.29) is 11.8 Å². The van der Waals surface area contributed by atoms with Gasteiger partial charge in [0.1, 0.15) is 0 Å². The average Bonchev–Trinajstić information content (AvgIpc) is 3.05. The molecule has 0 fully saturated rings. The fraction of sp³-hybridized carbons (Fsp3) is 0.278. The maximum absolute atomic E-state index is 13.0. The number of carbonyl (C=O) groups excluding carboxylic acids is 2. The molecule has 240 valence electrons. The lowest BCUT2D eigenvalue weighted by Crippen LogP contribution is -2.35. The third kappa shape index (κ3) is 10.4. The van der Waals surface area contributed by atoms with Crippen LogP contribution in [0.2, 0.25) is 0 Å². The van der Waals surface area contributed by atoms with Gasteiger partial charge < -0.3 is 9.47 Å². The molecule has 0 saturated carbocycles. The summed E-state index contributed by atoms with van der Waals surface area (Å²) in [6.07, 6.45) is 5.51. The summed E-state index contributed by atoms with van der Waals surface area (Å²) in [7, 11) is 7.38. The van der Waals surface area contributed by atoms with E-state index in [0.717, 1.165) is 43.6 Å². The summed E-state index contributed by atoms with van der Waals surface area (Å²) >= 11 is 7.00. The van der Waals surface area contributed by atoms with Crippen molar-refractivity contribution in [1.29, 1.82) is 0 Å². The van der Waals surface area contributed by atoms with Crippen molar-refractivity contribution >= 4 is 43.8 Å². The maximum atomic E-state index is 13.0. The fourth-order valence-corrected chi connectivity index (χ4v) is 5.55. The van der Waals surface area contributed by atoms with Gasteiger partial charge in [-0.05, 0) is 87.8 Å². The van der Waals surface area contributed by atoms with Crippen LogP contribution in [0.25, 0.3) is 0 Å². The van der Waals surface area contributed by atoms with Gasteiger partial charge in [0.05, 0.1) is 0 Å². The number of pyridine rings is 2. The number of carbonyl (C=O) groups is 2. The number of aromatic nitrogens is 2. The first-order chi connectivity index (χ1) is 22.1. The molecule has 0 aliphatic heterocycles. The first kappa shape index (κ1) is 35.2. The quantitative estimate of drug-likeness (QED) is 0.0763. The summed E-state index contributed by atoms with van der Waals surface area (Å²) in [5, 5.41) is 0. The van der Waals surface area contributed by atoms with E-state index in [1.54, 1.807) is 12.4 Å². The SMILES string of the molecule is CN(C)C(CC(c1ccc(Br)cc1)c1ccccn1)OC(=O)/C=C\C(=O)OC(CC(c1ccc(Br)cc1)c1ccccn1)N(C)C. The summed E-state index contributed by atoms with van der Waals surface area (Å²) in [6, 6.07) is 27.6. The third-order valence-electron chi connectivity index (χ3n) is 7.52. The van der Waals surface area contributed by atoms with Gasteiger partial charge in [-0.2, -0.15) is 0 Å². The summed E-state index contributed by atoms with van der Waals surface area (Å²) in [4.78, 5) is 38.8. The van der Waals surface area contributed by atoms with Gasteiger partial charge in [0.2, 0.25) is 0 Å². The standard InChI is InChI=1S/C36H38Br2N4O4/c1-41(2)33(23-29(31-9-5-7-21-39-31)25-11-15-27(37)16-12-25)45-35(43)19-20-36(44)46-34(42(3)4)24-30(32-10-6-8-22-40-32)26-13-17-28(38)18-14-26/h5-22,29-30,33-34H,23-24H2,1-4H3/b20-19-. The zero-order valence-corrected chi connectivity index (χ0v) is 29.5. The lowest BCUT2D eigenvalue weighted by atomic mass is 9.91. The highest BCUT2D eigenvalue weighted by molar-refractivity contribution is 9.10. The summed E-state index contributed by atoms with van der Waals surface area (Å²) in [6.45, 7) is 0. The molecule has 2 heterocycles. The van der Waals surface area contributed by atoms with E-state index in [0.29, 0.717) is 12.8 Å². The maximum Gasteiger partial charge on any atom is 0.332 e. The van der Waals surface area contributed by atoms with Crippen molar-refractivity contribution in [2.24, 2.45) is 0 Å². The lowest BCUT2D eigenvalue weighted by molar-refractivity contribution is -0.154. The Balaban J connectivity index is 1.44. The van der Waals surface area contributed by atoms with E-state index in [9.17, 15) is 9.59 Å². The first-order valence-corrected chi connectivity index (χ1v) is 16.4. The number of esters is 2. The van der Waals surface area contributed by atoms with E-state index < -0.39 is 24.4 Å². The molecular weight excluding hydrogens is 712 g/mol. The van der Waals surface area contributed by atoms with Crippen LogP contribution in [0.5, 0.6) is 0 Å². The Labute approximate surface area is 287 Å². The zero-order valence-electron chi connectivity index (χ0n) is 26.3. The van der Waals surface area contributed by atoms with Crippen molar-refractivity contribution in [3.63, 3.8) is 0 Å². The van der Waals surface area contributed by atoms with Crippen LogP contribution in [0.3, 0.4) is 0 Å². The molecule has 4 unspecified atom stereocenters. The Morgan fingerprint density at radius 1 is 0.630 bits per heavy atom. The van der Waals surface area contributed by atoms with Crippen LogP contribution in [0.15, 0.2) is 118 Å². The Morgan fingerprint density at radius 3 is 1.30 bits per heavy atom. The molecule has 2 aromatic carbocycles. The number of hydrogen-bond acceptors (Lipinski definition) is 8. The minimum Gasteiger partial charge on any atom is -0.443 e. The highest BCUT2D eigenvalue weighted by atomic mass is 79.9. The number of benzene rings is 2. The van der Waals surface area contributed by atoms with Gasteiger partial charge in [0.25, 0.3) is 0 Å². The lowest BCUT2D eigenvalue weighted by Gasteiger charge is -2.28. The highest BCUT2D eigenvalue weighted by Crippen LogP contribution is 2.32. The molecule has 46 heavy (non-hydrogen) atoms. The summed E-state index contributed by atoms with van der Waals surface area (Å²) in [5.41, 5.74) is 3.83. The van der Waals surface area contributed by atoms with E-state index >= 15 is 0 Å². The molecule has 0 aliphatic carbocycles. The van der Waals surface area contributed by atoms with Crippen LogP contribution >= 0.6 is 31.9 Å². The van der Waals surface area contributed by atoms with Crippen LogP contribution in [-0.2, 0) is 19.1 Å². The van der Waals surface area contributed by atoms with E-state index in [1.165, 1.54) is 0 Å². The van der Waals surface area contributed by atoms with Gasteiger partial charge in [0, 0.05) is 69.6 Å². The zero-order chi connectivity index (χ0) is 33.1. The molecule has 0 radical (unpaired) electrons. The molecule has 0 amide bonds. The van der Waals surface area contributed by atoms with Crippen molar-refractivity contribution in [2.75, 3.05) is 28.2 Å². The molecule has 10 heteroatoms. The average molecular weight is 751 g/mol. The van der Waals surface area contributed by atoms with Crippen molar-refractivity contribution < 1.29 is 19.1 Å². The Morgan fingerprint density at radius 2 is 1.00 bits per heavy atom. The molecular formula is C36H38Br2N4O4. The summed E-state index contributed by atoms with van der Waals surface area (Å²) < 4.78 is 13.6. The third-order valence-corrected chi connectivity index (χ3v) is 8.58. The number of nitrogens with zero attached hydrogens (tertiary/aromatic N) is 4. The smallest absolute Gasteiger partial charge is 0.332 e. The minimum absolute atomic E-state index is 0.123. The van der Waals surface area contributed by atoms with Gasteiger partial charge in [-0.3, -0.25) is 19.8 Å². The van der Waals surface area contributed by atoms with Crippen LogP contribution in [0, 0.1) is 0 Å². The molecule has 8 nitrogen and oxygen atoms in total. The van der Waals surface area contributed by atoms with E-state index in [1.807, 2.05) is 123 Å². The number of hydrogen-bond donors (Lipinski definition) is 0. The van der Waals surface area contributed by atoms with Crippen molar-refractivity contribution in [3.05, 3.63) is 141 Å². The summed E-state index contributed by atoms with van der Waals surface area (Å²) in [5.74, 6) is -1.54. The molecule has 4 aromatic rings. The molecule has 0 N–H and O–H groups in total. The van der Waals surface area contributed by atoms with Crippen LogP contribution in [0.1, 0.15) is 47.2 Å². The van der Waals surface area contributed by atoms with Gasteiger partial charge in [-0.25, -0.2) is 9.59 Å². The Hall–Kier alpha value is -3.70. The molecule has 0 saturated heterocycles.